The molecule has 41 heavy (non-hydrogen) atoms. The quantitative estimate of drug-likeness (QED) is 0.366. The molecule has 0 unspecified atom stereocenters. The number of benzene rings is 2. The summed E-state index contributed by atoms with van der Waals surface area (Å²) in [6, 6.07) is 9.45. The summed E-state index contributed by atoms with van der Waals surface area (Å²) in [5.74, 6) is -0.328. The van der Waals surface area contributed by atoms with E-state index in [1.165, 1.54) is 34.7 Å². The second kappa shape index (κ2) is 9.09. The lowest BCUT2D eigenvalue weighted by atomic mass is 9.74. The largest absolute Gasteiger partial charge is 0.416 e. The molecule has 2 aromatic carbocycles. The normalized spacial score (nSPS) is 22.6. The van der Waals surface area contributed by atoms with E-state index in [2.05, 4.69) is 15.1 Å². The van der Waals surface area contributed by atoms with Gasteiger partial charge in [0.2, 0.25) is 0 Å². The Morgan fingerprint density at radius 2 is 1.88 bits per heavy atom. The van der Waals surface area contributed by atoms with Gasteiger partial charge < -0.3 is 14.2 Å². The molecule has 1 aromatic heterocycles. The van der Waals surface area contributed by atoms with E-state index < -0.39 is 29.2 Å². The summed E-state index contributed by atoms with van der Waals surface area (Å²) in [6.07, 6.45) is -1.28. The maximum atomic E-state index is 15.9. The number of aromatic nitrogens is 3. The Balaban J connectivity index is 1.22. The number of fused-ring (bicyclic) bond motifs is 1. The first kappa shape index (κ1) is 26.6. The third-order valence-electron chi connectivity index (χ3n) is 9.73. The molecule has 1 spiro atoms. The van der Waals surface area contributed by atoms with Gasteiger partial charge in [0.05, 0.1) is 30.7 Å². The first-order valence-electron chi connectivity index (χ1n) is 14.0. The van der Waals surface area contributed by atoms with E-state index >= 15 is 4.39 Å². The molecular weight excluding hydrogens is 538 g/mol. The van der Waals surface area contributed by atoms with Gasteiger partial charge in [0.15, 0.2) is 12.0 Å². The molecule has 7 nitrogen and oxygen atoms in total. The molecule has 11 heteroatoms. The van der Waals surface area contributed by atoms with Crippen LogP contribution in [0.15, 0.2) is 42.7 Å². The third-order valence-corrected chi connectivity index (χ3v) is 9.73. The smallest absolute Gasteiger partial charge is 0.379 e. The van der Waals surface area contributed by atoms with Crippen LogP contribution in [0.2, 0.25) is 0 Å². The van der Waals surface area contributed by atoms with Crippen LogP contribution in [0.5, 0.6) is 0 Å². The average molecular weight is 570 g/mol. The van der Waals surface area contributed by atoms with Crippen LogP contribution in [0.4, 0.5) is 23.2 Å². The summed E-state index contributed by atoms with van der Waals surface area (Å²) >= 11 is 0. The zero-order chi connectivity index (χ0) is 28.7. The molecule has 216 valence electrons. The summed E-state index contributed by atoms with van der Waals surface area (Å²) < 4.78 is 65.9. The van der Waals surface area contributed by atoms with Crippen LogP contribution in [0, 0.1) is 5.41 Å². The number of carbonyl (C=O) groups is 1. The number of rotatable bonds is 6. The molecule has 0 radical (unpaired) electrons. The predicted octanol–water partition coefficient (Wildman–Crippen LogP) is 5.52. The lowest BCUT2D eigenvalue weighted by Crippen LogP contribution is -2.50. The van der Waals surface area contributed by atoms with Crippen molar-refractivity contribution in [2.24, 2.45) is 12.5 Å². The Kier molecular flexibility index (Phi) is 5.90. The van der Waals surface area contributed by atoms with Gasteiger partial charge in [-0.15, -0.1) is 10.2 Å². The van der Waals surface area contributed by atoms with E-state index in [-0.39, 0.29) is 42.8 Å². The predicted molar refractivity (Wildman–Crippen MR) is 142 cm³/mol. The van der Waals surface area contributed by atoms with Gasteiger partial charge in [-0.05, 0) is 79.1 Å². The van der Waals surface area contributed by atoms with Gasteiger partial charge in [0.1, 0.15) is 6.33 Å². The lowest BCUT2D eigenvalue weighted by Gasteiger charge is -2.43. The highest BCUT2D eigenvalue weighted by Crippen LogP contribution is 2.54. The molecule has 1 amide bonds. The van der Waals surface area contributed by atoms with E-state index in [9.17, 15) is 18.0 Å². The maximum Gasteiger partial charge on any atom is 0.416 e. The zero-order valence-corrected chi connectivity index (χ0v) is 22.9. The highest BCUT2D eigenvalue weighted by Gasteiger charge is 2.51. The van der Waals surface area contributed by atoms with Gasteiger partial charge in [-0.1, -0.05) is 12.1 Å². The minimum absolute atomic E-state index is 0.0203. The van der Waals surface area contributed by atoms with Crippen LogP contribution >= 0.6 is 0 Å². The van der Waals surface area contributed by atoms with Gasteiger partial charge in [-0.25, -0.2) is 4.39 Å². The van der Waals surface area contributed by atoms with Crippen molar-refractivity contribution in [2.75, 3.05) is 31.2 Å². The topological polar surface area (TPSA) is 63.5 Å². The van der Waals surface area contributed by atoms with Gasteiger partial charge in [0, 0.05) is 30.9 Å². The van der Waals surface area contributed by atoms with Gasteiger partial charge in [-0.2, -0.15) is 13.2 Å². The van der Waals surface area contributed by atoms with Crippen molar-refractivity contribution in [3.05, 3.63) is 76.4 Å². The molecule has 3 aromatic rings. The van der Waals surface area contributed by atoms with Crippen molar-refractivity contribution in [3.63, 3.8) is 0 Å². The van der Waals surface area contributed by atoms with Crippen molar-refractivity contribution in [2.45, 2.75) is 56.5 Å². The summed E-state index contributed by atoms with van der Waals surface area (Å²) in [5.41, 5.74) is 0.105. The summed E-state index contributed by atoms with van der Waals surface area (Å²) in [5, 5.41) is 7.72. The second-order valence-corrected chi connectivity index (χ2v) is 12.2. The van der Waals surface area contributed by atoms with Crippen LogP contribution < -0.4 is 4.90 Å². The number of carbonyl (C=O) groups excluding carboxylic acids is 1. The summed E-state index contributed by atoms with van der Waals surface area (Å²) in [4.78, 5) is 17.3. The van der Waals surface area contributed by atoms with Crippen molar-refractivity contribution >= 4 is 11.6 Å². The SMILES string of the molecule is C[C@H](c1cc2c(c(C(F)(F)F)c1)CN(c1cccc(C3([C@H](F)c4nncn4C)COC3)c1)C2=O)N1CCC2(CC2)C1. The number of hydrogen-bond donors (Lipinski definition) is 0. The number of anilines is 1. The number of hydrogen-bond acceptors (Lipinski definition) is 5. The number of ether oxygens (including phenoxy) is 1. The number of likely N-dealkylation sites (tertiary alicyclic amines) is 1. The van der Waals surface area contributed by atoms with Gasteiger partial charge >= 0.3 is 6.18 Å². The molecule has 2 saturated heterocycles. The Labute approximate surface area is 235 Å². The Morgan fingerprint density at radius 3 is 2.49 bits per heavy atom. The average Bonchev–Trinajstić information content (AvgIpc) is 3.19. The fourth-order valence-electron chi connectivity index (χ4n) is 6.76. The first-order chi connectivity index (χ1) is 19.5. The number of alkyl halides is 4. The number of amides is 1. The molecule has 4 heterocycles. The van der Waals surface area contributed by atoms with E-state index in [4.69, 9.17) is 4.74 Å². The molecule has 7 rings (SSSR count). The highest BCUT2D eigenvalue weighted by atomic mass is 19.4. The van der Waals surface area contributed by atoms with E-state index in [0.717, 1.165) is 19.5 Å². The van der Waals surface area contributed by atoms with E-state index in [1.54, 1.807) is 37.4 Å². The fourth-order valence-corrected chi connectivity index (χ4v) is 6.76. The summed E-state index contributed by atoms with van der Waals surface area (Å²) in [7, 11) is 1.66. The van der Waals surface area contributed by atoms with Crippen molar-refractivity contribution in [3.8, 4) is 0 Å². The minimum Gasteiger partial charge on any atom is -0.379 e. The Morgan fingerprint density at radius 1 is 1.10 bits per heavy atom. The standard InChI is InChI=1S/C30H31F4N5O2/c1-18(38-9-8-28(14-38)6-7-28)19-10-22-23(24(11-19)30(32,33)34)13-39(27(22)40)21-5-3-4-20(12-21)29(15-41-16-29)25(31)26-36-35-17-37(26)2/h3-5,10-12,17-18,25H,6-9,13-16H2,1-2H3/t18-,25-/m1/s1. The monoisotopic (exact) mass is 569 g/mol. The van der Waals surface area contributed by atoms with Crippen molar-refractivity contribution < 1.29 is 27.1 Å². The molecule has 3 fully saturated rings. The summed E-state index contributed by atoms with van der Waals surface area (Å²) in [6.45, 7) is 3.66. The third kappa shape index (κ3) is 4.19. The van der Waals surface area contributed by atoms with Crippen LogP contribution in [-0.2, 0) is 29.9 Å². The molecule has 1 aliphatic carbocycles. The van der Waals surface area contributed by atoms with E-state index in [0.29, 0.717) is 22.2 Å². The highest BCUT2D eigenvalue weighted by molar-refractivity contribution is 6.10. The molecular formula is C30H31F4N5O2. The lowest BCUT2D eigenvalue weighted by molar-refractivity contribution is -0.138. The first-order valence-corrected chi connectivity index (χ1v) is 14.0. The molecule has 2 atom stereocenters. The van der Waals surface area contributed by atoms with E-state index in [1.807, 2.05) is 6.92 Å². The zero-order valence-electron chi connectivity index (χ0n) is 22.9. The number of aryl methyl sites for hydroxylation is 1. The van der Waals surface area contributed by atoms with Crippen LogP contribution in [0.1, 0.15) is 76.8 Å². The maximum absolute atomic E-state index is 15.9. The Bertz CT molecular complexity index is 1530. The van der Waals surface area contributed by atoms with Gasteiger partial charge in [-0.3, -0.25) is 9.69 Å². The fraction of sp³-hybridized carbons (Fsp3) is 0.500. The number of nitrogens with zero attached hydrogens (tertiary/aromatic N) is 5. The number of halogens is 4. The molecule has 0 bridgehead atoms. The van der Waals surface area contributed by atoms with Crippen molar-refractivity contribution in [1.82, 2.24) is 19.7 Å². The second-order valence-electron chi connectivity index (χ2n) is 12.2. The van der Waals surface area contributed by atoms with Crippen LogP contribution in [0.3, 0.4) is 0 Å². The van der Waals surface area contributed by atoms with Crippen LogP contribution in [0.25, 0.3) is 0 Å². The molecule has 0 N–H and O–H groups in total. The van der Waals surface area contributed by atoms with Gasteiger partial charge in [0.25, 0.3) is 5.91 Å². The minimum atomic E-state index is -4.61. The van der Waals surface area contributed by atoms with Crippen LogP contribution in [-0.4, -0.2) is 51.9 Å². The molecule has 4 aliphatic rings. The Hall–Kier alpha value is -3.31. The van der Waals surface area contributed by atoms with Crippen molar-refractivity contribution in [1.29, 1.82) is 0 Å². The molecule has 3 aliphatic heterocycles. The molecule has 1 saturated carbocycles.